The van der Waals surface area contributed by atoms with Crippen molar-refractivity contribution >= 4 is 47.8 Å². The SMILES string of the molecule is CCNC(=NCCN1C(=O)CNC1=O)N1CC(C)C(C(=O)OC)C1.I. The predicted molar refractivity (Wildman–Crippen MR) is 103 cm³/mol. The highest BCUT2D eigenvalue weighted by molar-refractivity contribution is 14.0. The normalized spacial score (nSPS) is 23.4. The minimum absolute atomic E-state index is 0. The summed E-state index contributed by atoms with van der Waals surface area (Å²) in [4.78, 5) is 42.5. The van der Waals surface area contributed by atoms with E-state index in [1.54, 1.807) is 0 Å². The molecule has 0 aromatic heterocycles. The minimum atomic E-state index is -0.374. The molecule has 142 valence electrons. The monoisotopic (exact) mass is 467 g/mol. The van der Waals surface area contributed by atoms with Crippen molar-refractivity contribution in [2.75, 3.05) is 46.4 Å². The number of esters is 1. The molecule has 0 aromatic carbocycles. The van der Waals surface area contributed by atoms with Crippen LogP contribution >= 0.6 is 24.0 Å². The number of aliphatic imine (C=N–C) groups is 1. The number of nitrogens with one attached hydrogen (secondary N) is 2. The molecular weight excluding hydrogens is 441 g/mol. The van der Waals surface area contributed by atoms with Crippen LogP contribution in [-0.4, -0.2) is 80.0 Å². The number of hydrogen-bond donors (Lipinski definition) is 2. The maximum absolute atomic E-state index is 11.8. The van der Waals surface area contributed by atoms with Crippen LogP contribution in [0.15, 0.2) is 4.99 Å². The number of hydrogen-bond acceptors (Lipinski definition) is 5. The van der Waals surface area contributed by atoms with Crippen LogP contribution in [0, 0.1) is 11.8 Å². The number of carbonyl (C=O) groups excluding carboxylic acids is 3. The number of nitrogens with zero attached hydrogens (tertiary/aromatic N) is 3. The predicted octanol–water partition coefficient (Wildman–Crippen LogP) is -0.137. The van der Waals surface area contributed by atoms with Gasteiger partial charge in [-0.3, -0.25) is 19.5 Å². The summed E-state index contributed by atoms with van der Waals surface area (Å²) < 4.78 is 4.85. The highest BCUT2D eigenvalue weighted by atomic mass is 127. The minimum Gasteiger partial charge on any atom is -0.469 e. The maximum Gasteiger partial charge on any atom is 0.324 e. The van der Waals surface area contributed by atoms with Gasteiger partial charge < -0.3 is 20.3 Å². The lowest BCUT2D eigenvalue weighted by Gasteiger charge is -2.21. The first kappa shape index (κ1) is 21.5. The first-order chi connectivity index (χ1) is 11.5. The van der Waals surface area contributed by atoms with Gasteiger partial charge in [-0.15, -0.1) is 24.0 Å². The summed E-state index contributed by atoms with van der Waals surface area (Å²) >= 11 is 0. The van der Waals surface area contributed by atoms with Gasteiger partial charge in [0.2, 0.25) is 5.91 Å². The fraction of sp³-hybridized carbons (Fsp3) is 0.733. The molecule has 2 fully saturated rings. The first-order valence-corrected chi connectivity index (χ1v) is 8.17. The fourth-order valence-corrected chi connectivity index (χ4v) is 2.96. The summed E-state index contributed by atoms with van der Waals surface area (Å²) in [7, 11) is 1.40. The van der Waals surface area contributed by atoms with Gasteiger partial charge in [0.15, 0.2) is 5.96 Å². The molecule has 0 radical (unpaired) electrons. The van der Waals surface area contributed by atoms with E-state index in [9.17, 15) is 14.4 Å². The zero-order valence-electron chi connectivity index (χ0n) is 14.8. The molecule has 0 spiro atoms. The average Bonchev–Trinajstić information content (AvgIpc) is 3.10. The van der Waals surface area contributed by atoms with Crippen molar-refractivity contribution in [1.29, 1.82) is 0 Å². The smallest absolute Gasteiger partial charge is 0.324 e. The highest BCUT2D eigenvalue weighted by Crippen LogP contribution is 2.24. The second-order valence-corrected chi connectivity index (χ2v) is 5.95. The van der Waals surface area contributed by atoms with E-state index in [1.165, 1.54) is 7.11 Å². The lowest BCUT2D eigenvalue weighted by Crippen LogP contribution is -2.41. The van der Waals surface area contributed by atoms with E-state index in [-0.39, 0.29) is 66.8 Å². The lowest BCUT2D eigenvalue weighted by atomic mass is 9.99. The van der Waals surface area contributed by atoms with E-state index in [2.05, 4.69) is 15.6 Å². The van der Waals surface area contributed by atoms with Crippen LogP contribution in [0.4, 0.5) is 4.79 Å². The molecular formula is C15H26IN5O4. The number of guanidine groups is 1. The second-order valence-electron chi connectivity index (χ2n) is 5.95. The molecule has 0 bridgehead atoms. The lowest BCUT2D eigenvalue weighted by molar-refractivity contribution is -0.146. The summed E-state index contributed by atoms with van der Waals surface area (Å²) in [6.45, 7) is 6.52. The Morgan fingerprint density at radius 3 is 2.68 bits per heavy atom. The van der Waals surface area contributed by atoms with Gasteiger partial charge in [0.1, 0.15) is 0 Å². The zero-order valence-corrected chi connectivity index (χ0v) is 17.1. The van der Waals surface area contributed by atoms with Crippen molar-refractivity contribution in [3.8, 4) is 0 Å². The van der Waals surface area contributed by atoms with Crippen molar-refractivity contribution in [3.05, 3.63) is 0 Å². The van der Waals surface area contributed by atoms with Gasteiger partial charge in [0, 0.05) is 19.6 Å². The molecule has 2 atom stereocenters. The molecule has 2 rings (SSSR count). The van der Waals surface area contributed by atoms with Gasteiger partial charge in [-0.25, -0.2) is 4.79 Å². The van der Waals surface area contributed by atoms with Crippen LogP contribution in [0.2, 0.25) is 0 Å². The van der Waals surface area contributed by atoms with Gasteiger partial charge in [-0.05, 0) is 12.8 Å². The molecule has 25 heavy (non-hydrogen) atoms. The number of methoxy groups -OCH3 is 1. The van der Waals surface area contributed by atoms with Gasteiger partial charge in [0.05, 0.1) is 32.7 Å². The van der Waals surface area contributed by atoms with E-state index in [4.69, 9.17) is 4.74 Å². The van der Waals surface area contributed by atoms with Crippen LogP contribution in [0.5, 0.6) is 0 Å². The number of urea groups is 1. The van der Waals surface area contributed by atoms with E-state index in [0.717, 1.165) is 4.90 Å². The largest absolute Gasteiger partial charge is 0.469 e. The van der Waals surface area contributed by atoms with Crippen LogP contribution in [0.3, 0.4) is 0 Å². The topological polar surface area (TPSA) is 103 Å². The molecule has 0 aromatic rings. The Labute approximate surface area is 164 Å². The van der Waals surface area contributed by atoms with Crippen LogP contribution < -0.4 is 10.6 Å². The number of ether oxygens (including phenoxy) is 1. The van der Waals surface area contributed by atoms with Crippen molar-refractivity contribution in [3.63, 3.8) is 0 Å². The molecule has 2 aliphatic heterocycles. The van der Waals surface area contributed by atoms with Gasteiger partial charge in [-0.1, -0.05) is 6.92 Å². The number of amides is 3. The molecule has 2 aliphatic rings. The highest BCUT2D eigenvalue weighted by Gasteiger charge is 2.37. The number of imide groups is 1. The molecule has 2 N–H and O–H groups in total. The van der Waals surface area contributed by atoms with E-state index in [1.807, 2.05) is 18.7 Å². The molecule has 10 heteroatoms. The van der Waals surface area contributed by atoms with E-state index >= 15 is 0 Å². The molecule has 2 heterocycles. The molecule has 0 aliphatic carbocycles. The summed E-state index contributed by atoms with van der Waals surface area (Å²) in [5, 5.41) is 5.67. The quantitative estimate of drug-likeness (QED) is 0.192. The van der Waals surface area contributed by atoms with Gasteiger partial charge in [0.25, 0.3) is 0 Å². The summed E-state index contributed by atoms with van der Waals surface area (Å²) in [5.74, 6) is 0.237. The molecule has 0 saturated carbocycles. The van der Waals surface area contributed by atoms with Crippen LogP contribution in [-0.2, 0) is 14.3 Å². The van der Waals surface area contributed by atoms with Crippen molar-refractivity contribution in [1.82, 2.24) is 20.4 Å². The number of rotatable bonds is 5. The van der Waals surface area contributed by atoms with Gasteiger partial charge >= 0.3 is 12.0 Å². The Morgan fingerprint density at radius 2 is 2.12 bits per heavy atom. The number of carbonyl (C=O) groups is 3. The van der Waals surface area contributed by atoms with Crippen molar-refractivity contribution < 1.29 is 19.1 Å². The summed E-state index contributed by atoms with van der Waals surface area (Å²) in [5.41, 5.74) is 0. The standard InChI is InChI=1S/C15H25N5O4.HI/c1-4-16-14(17-5-6-20-12(21)7-18-15(20)23)19-8-10(2)11(9-19)13(22)24-3;/h10-11H,4-9H2,1-3H3,(H,16,17)(H,18,23);1H. The summed E-state index contributed by atoms with van der Waals surface area (Å²) in [6, 6.07) is -0.374. The van der Waals surface area contributed by atoms with Gasteiger partial charge in [-0.2, -0.15) is 0 Å². The van der Waals surface area contributed by atoms with Crippen LogP contribution in [0.1, 0.15) is 13.8 Å². The first-order valence-electron chi connectivity index (χ1n) is 8.17. The molecule has 2 unspecified atom stereocenters. The Balaban J connectivity index is 0.00000312. The number of halogens is 1. The Hall–Kier alpha value is -1.59. The van der Waals surface area contributed by atoms with Crippen LogP contribution in [0.25, 0.3) is 0 Å². The molecule has 9 nitrogen and oxygen atoms in total. The zero-order chi connectivity index (χ0) is 17.7. The third-order valence-electron chi connectivity index (χ3n) is 4.27. The Kier molecular flexibility index (Phi) is 8.39. The van der Waals surface area contributed by atoms with E-state index in [0.29, 0.717) is 32.1 Å². The van der Waals surface area contributed by atoms with Crippen molar-refractivity contribution in [2.24, 2.45) is 16.8 Å². The molecule has 2 saturated heterocycles. The Bertz CT molecular complexity index is 526. The van der Waals surface area contributed by atoms with E-state index < -0.39 is 0 Å². The van der Waals surface area contributed by atoms with Crippen molar-refractivity contribution in [2.45, 2.75) is 13.8 Å². The maximum atomic E-state index is 11.8. The summed E-state index contributed by atoms with van der Waals surface area (Å²) in [6.07, 6.45) is 0. The number of likely N-dealkylation sites (tertiary alicyclic amines) is 1. The average molecular weight is 467 g/mol. The Morgan fingerprint density at radius 1 is 1.40 bits per heavy atom. The third-order valence-corrected chi connectivity index (χ3v) is 4.27. The third kappa shape index (κ3) is 5.19. The molecule has 3 amide bonds. The second kappa shape index (κ2) is 9.78. The fourth-order valence-electron chi connectivity index (χ4n) is 2.96.